The first-order valence-corrected chi connectivity index (χ1v) is 2.17. The summed E-state index contributed by atoms with van der Waals surface area (Å²) in [6.45, 7) is 3.38. The molecule has 0 aliphatic heterocycles. The molecule has 8 heavy (non-hydrogen) atoms. The summed E-state index contributed by atoms with van der Waals surface area (Å²) in [6, 6.07) is 0. The molecule has 3 nitrogen and oxygen atoms in total. The van der Waals surface area contributed by atoms with Crippen molar-refractivity contribution >= 4 is 6.47 Å². The van der Waals surface area contributed by atoms with Gasteiger partial charge in [0.15, 0.2) is 0 Å². The number of rotatable bonds is 4. The summed E-state index contributed by atoms with van der Waals surface area (Å²) in [7, 11) is 0. The first-order valence-electron chi connectivity index (χ1n) is 2.17. The van der Waals surface area contributed by atoms with Crippen LogP contribution in [0, 0.1) is 0 Å². The lowest BCUT2D eigenvalue weighted by atomic mass is 10.4. The van der Waals surface area contributed by atoms with Crippen LogP contribution in [0.15, 0.2) is 12.7 Å². The van der Waals surface area contributed by atoms with Crippen LogP contribution in [0.25, 0.3) is 0 Å². The Hall–Kier alpha value is -0.830. The molecule has 0 radical (unpaired) electrons. The Morgan fingerprint density at radius 3 is 2.62 bits per heavy atom. The summed E-state index contributed by atoms with van der Waals surface area (Å²) in [5, 5.41) is 8.30. The van der Waals surface area contributed by atoms with Gasteiger partial charge in [0, 0.05) is 0 Å². The van der Waals surface area contributed by atoms with Gasteiger partial charge in [-0.15, -0.1) is 0 Å². The molecule has 0 aromatic heterocycles. The van der Waals surface area contributed by atoms with Gasteiger partial charge in [-0.1, -0.05) is 6.58 Å². The normalized spacial score (nSPS) is 12.1. The van der Waals surface area contributed by atoms with Gasteiger partial charge >= 0.3 is 0 Å². The Labute approximate surface area is 47.6 Å². The molecule has 46 valence electrons. The molecule has 0 saturated heterocycles. The highest BCUT2D eigenvalue weighted by Crippen LogP contribution is 1.86. The maximum Gasteiger partial charge on any atom is 0.293 e. The van der Waals surface area contributed by atoms with Crippen LogP contribution in [-0.4, -0.2) is 24.3 Å². The molecule has 0 aromatic rings. The number of carbonyl (C=O) groups is 1. The van der Waals surface area contributed by atoms with E-state index in [1.165, 1.54) is 6.08 Å². The van der Waals surface area contributed by atoms with Crippen molar-refractivity contribution in [1.82, 2.24) is 0 Å². The van der Waals surface area contributed by atoms with E-state index in [1.807, 2.05) is 0 Å². The second-order valence-electron chi connectivity index (χ2n) is 1.19. The number of carbonyl (C=O) groups excluding carboxylic acids is 1. The molecule has 0 saturated carbocycles. The lowest BCUT2D eigenvalue weighted by Crippen LogP contribution is -2.12. The van der Waals surface area contributed by atoms with E-state index in [4.69, 9.17) is 5.11 Å². The molecule has 0 heterocycles. The van der Waals surface area contributed by atoms with Crippen LogP contribution in [0.1, 0.15) is 0 Å². The van der Waals surface area contributed by atoms with E-state index in [1.54, 1.807) is 0 Å². The highest BCUT2D eigenvalue weighted by molar-refractivity contribution is 5.37. The quantitative estimate of drug-likeness (QED) is 0.405. The fourth-order valence-electron chi connectivity index (χ4n) is 0.244. The lowest BCUT2D eigenvalue weighted by molar-refractivity contribution is -0.133. The van der Waals surface area contributed by atoms with E-state index in [-0.39, 0.29) is 13.1 Å². The molecule has 0 fully saturated rings. The van der Waals surface area contributed by atoms with Gasteiger partial charge in [0.2, 0.25) is 0 Å². The van der Waals surface area contributed by atoms with Crippen molar-refractivity contribution in [2.75, 3.05) is 6.61 Å². The SMILES string of the molecule is C=CC(CO)OC=O. The predicted molar refractivity (Wildman–Crippen MR) is 28.2 cm³/mol. The molecule has 1 N–H and O–H groups in total. The van der Waals surface area contributed by atoms with E-state index in [0.29, 0.717) is 0 Å². The zero-order valence-electron chi connectivity index (χ0n) is 4.41. The summed E-state index contributed by atoms with van der Waals surface area (Å²) in [4.78, 5) is 9.55. The minimum absolute atomic E-state index is 0.206. The summed E-state index contributed by atoms with van der Waals surface area (Å²) in [6.07, 6.45) is 0.807. The van der Waals surface area contributed by atoms with E-state index in [9.17, 15) is 4.79 Å². The van der Waals surface area contributed by atoms with Gasteiger partial charge in [0.25, 0.3) is 6.47 Å². The average Bonchev–Trinajstić information content (AvgIpc) is 1.83. The molecule has 0 aromatic carbocycles. The number of hydrogen-bond donors (Lipinski definition) is 1. The van der Waals surface area contributed by atoms with Crippen molar-refractivity contribution in [3.8, 4) is 0 Å². The Morgan fingerprint density at radius 2 is 2.50 bits per heavy atom. The fraction of sp³-hybridized carbons (Fsp3) is 0.400. The van der Waals surface area contributed by atoms with Gasteiger partial charge in [-0.2, -0.15) is 0 Å². The van der Waals surface area contributed by atoms with Gasteiger partial charge in [0.05, 0.1) is 6.61 Å². The third-order valence-electron chi connectivity index (χ3n) is 0.673. The number of ether oxygens (including phenoxy) is 1. The third-order valence-corrected chi connectivity index (χ3v) is 0.673. The fourth-order valence-corrected chi connectivity index (χ4v) is 0.244. The van der Waals surface area contributed by atoms with E-state index in [0.717, 1.165) is 0 Å². The molecule has 0 rings (SSSR count). The summed E-state index contributed by atoms with van der Waals surface area (Å²) < 4.78 is 4.29. The van der Waals surface area contributed by atoms with Crippen molar-refractivity contribution in [3.63, 3.8) is 0 Å². The molecular weight excluding hydrogens is 108 g/mol. The maximum atomic E-state index is 9.55. The maximum absolute atomic E-state index is 9.55. The zero-order chi connectivity index (χ0) is 6.41. The first-order chi connectivity index (χ1) is 3.85. The van der Waals surface area contributed by atoms with Gasteiger partial charge in [-0.3, -0.25) is 4.79 Å². The van der Waals surface area contributed by atoms with E-state index >= 15 is 0 Å². The molecule has 0 aliphatic rings. The molecule has 0 spiro atoms. The van der Waals surface area contributed by atoms with Crippen molar-refractivity contribution < 1.29 is 14.6 Å². The Bertz CT molecular complexity index is 79.7. The molecule has 1 unspecified atom stereocenters. The van der Waals surface area contributed by atoms with Crippen LogP contribution >= 0.6 is 0 Å². The number of aliphatic hydroxyl groups excluding tert-OH is 1. The zero-order valence-corrected chi connectivity index (χ0v) is 4.41. The predicted octanol–water partition coefficient (Wildman–Crippen LogP) is -0.294. The highest BCUT2D eigenvalue weighted by atomic mass is 16.5. The second-order valence-corrected chi connectivity index (χ2v) is 1.19. The van der Waals surface area contributed by atoms with Crippen molar-refractivity contribution in [2.24, 2.45) is 0 Å². The Morgan fingerprint density at radius 1 is 1.88 bits per heavy atom. The Kier molecular flexibility index (Phi) is 3.88. The molecule has 0 aliphatic carbocycles. The molecule has 3 heteroatoms. The molecule has 0 bridgehead atoms. The minimum Gasteiger partial charge on any atom is -0.458 e. The number of hydrogen-bond acceptors (Lipinski definition) is 3. The Balaban J connectivity index is 3.35. The molecular formula is C5H8O3. The highest BCUT2D eigenvalue weighted by Gasteiger charge is 1.97. The van der Waals surface area contributed by atoms with Gasteiger partial charge in [-0.05, 0) is 6.08 Å². The van der Waals surface area contributed by atoms with Crippen LogP contribution in [0.4, 0.5) is 0 Å². The van der Waals surface area contributed by atoms with Gasteiger partial charge in [-0.25, -0.2) is 0 Å². The third kappa shape index (κ3) is 2.36. The molecule has 0 amide bonds. The molecule has 1 atom stereocenters. The minimum atomic E-state index is -0.549. The van der Waals surface area contributed by atoms with Gasteiger partial charge < -0.3 is 9.84 Å². The summed E-state index contributed by atoms with van der Waals surface area (Å²) in [5.41, 5.74) is 0. The summed E-state index contributed by atoms with van der Waals surface area (Å²) >= 11 is 0. The van der Waals surface area contributed by atoms with E-state index in [2.05, 4.69) is 11.3 Å². The first kappa shape index (κ1) is 7.17. The van der Waals surface area contributed by atoms with Crippen molar-refractivity contribution in [3.05, 3.63) is 12.7 Å². The topological polar surface area (TPSA) is 46.5 Å². The lowest BCUT2D eigenvalue weighted by Gasteiger charge is -2.03. The van der Waals surface area contributed by atoms with Crippen LogP contribution in [-0.2, 0) is 9.53 Å². The summed E-state index contributed by atoms with van der Waals surface area (Å²) in [5.74, 6) is 0. The van der Waals surface area contributed by atoms with Crippen LogP contribution in [0.2, 0.25) is 0 Å². The van der Waals surface area contributed by atoms with E-state index < -0.39 is 6.10 Å². The second kappa shape index (κ2) is 4.33. The van der Waals surface area contributed by atoms with Crippen LogP contribution in [0.3, 0.4) is 0 Å². The van der Waals surface area contributed by atoms with Crippen molar-refractivity contribution in [2.45, 2.75) is 6.10 Å². The number of aliphatic hydroxyl groups is 1. The largest absolute Gasteiger partial charge is 0.458 e. The average molecular weight is 116 g/mol. The van der Waals surface area contributed by atoms with Crippen LogP contribution < -0.4 is 0 Å². The van der Waals surface area contributed by atoms with Gasteiger partial charge in [0.1, 0.15) is 6.10 Å². The van der Waals surface area contributed by atoms with Crippen LogP contribution in [0.5, 0.6) is 0 Å². The standard InChI is InChI=1S/C5H8O3/c1-2-5(3-6)8-4-7/h2,4-6H,1,3H2. The monoisotopic (exact) mass is 116 g/mol. The van der Waals surface area contributed by atoms with Crippen molar-refractivity contribution in [1.29, 1.82) is 0 Å². The smallest absolute Gasteiger partial charge is 0.293 e.